The number of halogens is 2. The van der Waals surface area contributed by atoms with Crippen molar-refractivity contribution < 1.29 is 9.59 Å². The fraction of sp³-hybridized carbons (Fsp3) is 0.591. The van der Waals surface area contributed by atoms with Gasteiger partial charge in [-0.2, -0.15) is 0 Å². The van der Waals surface area contributed by atoms with Crippen LogP contribution in [-0.4, -0.2) is 58.0 Å². The van der Waals surface area contributed by atoms with E-state index in [0.29, 0.717) is 30.8 Å². The largest absolute Gasteiger partial charge is 0.352 e. The van der Waals surface area contributed by atoms with Gasteiger partial charge in [0.2, 0.25) is 11.8 Å². The van der Waals surface area contributed by atoms with Crippen LogP contribution in [0.1, 0.15) is 31.5 Å². The Bertz CT molecular complexity index is 949. The van der Waals surface area contributed by atoms with Crippen molar-refractivity contribution in [1.82, 2.24) is 25.1 Å². The molecule has 4 heterocycles. The van der Waals surface area contributed by atoms with Crippen LogP contribution >= 0.6 is 24.8 Å². The molecule has 0 radical (unpaired) electrons. The smallest absolute Gasteiger partial charge is 0.240 e. The number of hydrogen-bond acceptors (Lipinski definition) is 4. The molecule has 170 valence electrons. The number of piperidine rings is 3. The highest BCUT2D eigenvalue weighted by atomic mass is 35.5. The number of fused-ring (bicyclic) bond motifs is 5. The molecule has 2 bridgehead atoms. The first-order valence-electron chi connectivity index (χ1n) is 10.8. The summed E-state index contributed by atoms with van der Waals surface area (Å²) in [5.41, 5.74) is 1.88. The fourth-order valence-corrected chi connectivity index (χ4v) is 5.71. The zero-order valence-corrected chi connectivity index (χ0v) is 19.4. The SMILES string of the molecule is Cc1nc2ccccc2n1CC(=O)NC[C@H]1[C@@H]2CNC[C@@H](C2)[C@@H]2CCCC(=O)N21.Cl.Cl. The number of carbonyl (C=O) groups excluding carboxylic acids is 2. The maximum Gasteiger partial charge on any atom is 0.240 e. The Morgan fingerprint density at radius 2 is 2.00 bits per heavy atom. The second-order valence-corrected chi connectivity index (χ2v) is 8.78. The molecule has 3 fully saturated rings. The van der Waals surface area contributed by atoms with E-state index in [1.807, 2.05) is 35.8 Å². The van der Waals surface area contributed by atoms with Crippen LogP contribution in [0.5, 0.6) is 0 Å². The van der Waals surface area contributed by atoms with E-state index in [9.17, 15) is 9.59 Å². The molecule has 0 saturated carbocycles. The average Bonchev–Trinajstić information content (AvgIpc) is 3.04. The van der Waals surface area contributed by atoms with Crippen molar-refractivity contribution in [1.29, 1.82) is 0 Å². The van der Waals surface area contributed by atoms with Gasteiger partial charge >= 0.3 is 0 Å². The number of hydrogen-bond donors (Lipinski definition) is 2. The van der Waals surface area contributed by atoms with Crippen LogP contribution in [0.15, 0.2) is 24.3 Å². The number of nitrogens with zero attached hydrogens (tertiary/aromatic N) is 3. The van der Waals surface area contributed by atoms with E-state index in [1.54, 1.807) is 0 Å². The number of aryl methyl sites for hydroxylation is 1. The molecule has 0 unspecified atom stereocenters. The van der Waals surface area contributed by atoms with Crippen molar-refractivity contribution in [2.24, 2.45) is 11.8 Å². The highest BCUT2D eigenvalue weighted by Crippen LogP contribution is 2.39. The standard InChI is InChI=1S/C22H29N5O2.2ClH/c1-14-25-17-5-2-3-6-19(17)26(14)13-21(28)24-12-20-16-9-15(10-23-11-16)18-7-4-8-22(29)27(18)20;;/h2-3,5-6,15-16,18,20,23H,4,7-13H2,1H3,(H,24,28);2*1H/t15-,16+,18+,20+;;/m1../s1. The summed E-state index contributed by atoms with van der Waals surface area (Å²) in [6, 6.07) is 8.32. The van der Waals surface area contributed by atoms with Gasteiger partial charge in [-0.1, -0.05) is 12.1 Å². The molecule has 3 saturated heterocycles. The Hall–Kier alpha value is -1.83. The molecular weight excluding hydrogens is 437 g/mol. The Balaban J connectivity index is 0.00000136. The minimum Gasteiger partial charge on any atom is -0.352 e. The Kier molecular flexibility index (Phi) is 7.50. The molecular formula is C22H31Cl2N5O2. The molecule has 5 rings (SSSR count). The van der Waals surface area contributed by atoms with Gasteiger partial charge < -0.3 is 20.1 Å². The lowest BCUT2D eigenvalue weighted by molar-refractivity contribution is -0.149. The summed E-state index contributed by atoms with van der Waals surface area (Å²) >= 11 is 0. The number of imidazole rings is 1. The Morgan fingerprint density at radius 1 is 1.23 bits per heavy atom. The number of amides is 2. The van der Waals surface area contributed by atoms with E-state index in [0.717, 1.165) is 49.2 Å². The first-order chi connectivity index (χ1) is 14.1. The van der Waals surface area contributed by atoms with E-state index in [2.05, 4.69) is 20.5 Å². The van der Waals surface area contributed by atoms with Gasteiger partial charge in [-0.3, -0.25) is 9.59 Å². The van der Waals surface area contributed by atoms with Gasteiger partial charge in [0.25, 0.3) is 0 Å². The first-order valence-corrected chi connectivity index (χ1v) is 10.8. The quantitative estimate of drug-likeness (QED) is 0.722. The van der Waals surface area contributed by atoms with E-state index in [1.165, 1.54) is 0 Å². The number of carbonyl (C=O) groups is 2. The third-order valence-corrected chi connectivity index (χ3v) is 7.06. The maximum atomic E-state index is 12.8. The summed E-state index contributed by atoms with van der Waals surface area (Å²) < 4.78 is 1.96. The minimum absolute atomic E-state index is 0. The van der Waals surface area contributed by atoms with Crippen LogP contribution in [0.3, 0.4) is 0 Å². The van der Waals surface area contributed by atoms with Crippen molar-refractivity contribution in [2.45, 2.75) is 51.2 Å². The van der Waals surface area contributed by atoms with E-state index < -0.39 is 0 Å². The number of aromatic nitrogens is 2. The lowest BCUT2D eigenvalue weighted by Gasteiger charge is -2.54. The number of benzene rings is 1. The third-order valence-electron chi connectivity index (χ3n) is 7.06. The minimum atomic E-state index is -0.0249. The molecule has 2 aromatic rings. The predicted molar refractivity (Wildman–Crippen MR) is 125 cm³/mol. The molecule has 3 aliphatic rings. The van der Waals surface area contributed by atoms with Crippen molar-refractivity contribution in [3.05, 3.63) is 30.1 Å². The van der Waals surface area contributed by atoms with Gasteiger partial charge in [0.15, 0.2) is 0 Å². The summed E-state index contributed by atoms with van der Waals surface area (Å²) in [5.74, 6) is 2.06. The van der Waals surface area contributed by atoms with Crippen LogP contribution < -0.4 is 10.6 Å². The Labute approximate surface area is 195 Å². The average molecular weight is 468 g/mol. The molecule has 31 heavy (non-hydrogen) atoms. The molecule has 1 aromatic heterocycles. The summed E-state index contributed by atoms with van der Waals surface area (Å²) in [5, 5.41) is 6.68. The molecule has 7 nitrogen and oxygen atoms in total. The van der Waals surface area contributed by atoms with Crippen LogP contribution in [-0.2, 0) is 16.1 Å². The van der Waals surface area contributed by atoms with Crippen LogP contribution in [0, 0.1) is 18.8 Å². The molecule has 0 spiro atoms. The van der Waals surface area contributed by atoms with Crippen molar-refractivity contribution in [3.63, 3.8) is 0 Å². The molecule has 2 N–H and O–H groups in total. The van der Waals surface area contributed by atoms with E-state index in [4.69, 9.17) is 0 Å². The Morgan fingerprint density at radius 3 is 2.84 bits per heavy atom. The molecule has 1 aromatic carbocycles. The summed E-state index contributed by atoms with van der Waals surface area (Å²) in [4.78, 5) is 32.2. The second kappa shape index (κ2) is 9.76. The summed E-state index contributed by atoms with van der Waals surface area (Å²) in [7, 11) is 0. The van der Waals surface area contributed by atoms with E-state index >= 15 is 0 Å². The highest BCUT2D eigenvalue weighted by Gasteiger charge is 2.47. The maximum absolute atomic E-state index is 12.8. The highest BCUT2D eigenvalue weighted by molar-refractivity contribution is 5.85. The zero-order valence-electron chi connectivity index (χ0n) is 17.8. The van der Waals surface area contributed by atoms with Gasteiger partial charge in [0.05, 0.1) is 17.1 Å². The number of nitrogens with one attached hydrogen (secondary N) is 2. The lowest BCUT2D eigenvalue weighted by atomic mass is 9.72. The third kappa shape index (κ3) is 4.41. The monoisotopic (exact) mass is 467 g/mol. The molecule has 9 heteroatoms. The van der Waals surface area contributed by atoms with Crippen molar-refractivity contribution in [3.8, 4) is 0 Å². The van der Waals surface area contributed by atoms with Crippen LogP contribution in [0.2, 0.25) is 0 Å². The second-order valence-electron chi connectivity index (χ2n) is 8.78. The first kappa shape index (κ1) is 23.8. The lowest BCUT2D eigenvalue weighted by Crippen LogP contribution is -2.66. The van der Waals surface area contributed by atoms with Gasteiger partial charge in [0.1, 0.15) is 12.4 Å². The van der Waals surface area contributed by atoms with E-state index in [-0.39, 0.29) is 49.2 Å². The van der Waals surface area contributed by atoms with Gasteiger partial charge in [-0.05, 0) is 56.7 Å². The van der Waals surface area contributed by atoms with Crippen molar-refractivity contribution >= 4 is 47.7 Å². The number of rotatable bonds is 4. The van der Waals surface area contributed by atoms with Gasteiger partial charge in [0, 0.05) is 25.6 Å². The van der Waals surface area contributed by atoms with Gasteiger partial charge in [-0.25, -0.2) is 4.98 Å². The van der Waals surface area contributed by atoms with Crippen LogP contribution in [0.25, 0.3) is 11.0 Å². The molecule has 3 aliphatic heterocycles. The summed E-state index contributed by atoms with van der Waals surface area (Å²) in [6.07, 6.45) is 3.89. The van der Waals surface area contributed by atoms with Crippen molar-refractivity contribution in [2.75, 3.05) is 19.6 Å². The fourth-order valence-electron chi connectivity index (χ4n) is 5.71. The molecule has 0 aliphatic carbocycles. The molecule has 2 amide bonds. The molecule has 4 atom stereocenters. The predicted octanol–water partition coefficient (Wildman–Crippen LogP) is 2.29. The van der Waals surface area contributed by atoms with Gasteiger partial charge in [-0.15, -0.1) is 24.8 Å². The zero-order chi connectivity index (χ0) is 20.0. The summed E-state index contributed by atoms with van der Waals surface area (Å²) in [6.45, 7) is 4.66. The topological polar surface area (TPSA) is 79.3 Å². The number of para-hydroxylation sites is 2. The normalized spacial score (nSPS) is 27.1. The van der Waals surface area contributed by atoms with Crippen LogP contribution in [0.4, 0.5) is 0 Å².